The number of ether oxygens (including phenoxy) is 1. The van der Waals surface area contributed by atoms with Gasteiger partial charge in [-0.1, -0.05) is 17.7 Å². The normalized spacial score (nSPS) is 12.5. The maximum absolute atomic E-state index is 5.90. The molecule has 2 nitrogen and oxygen atoms in total. The number of hydrogen-bond donors (Lipinski definition) is 1. The molecule has 0 heterocycles. The van der Waals surface area contributed by atoms with Crippen LogP contribution in [0.25, 0.3) is 0 Å². The van der Waals surface area contributed by atoms with E-state index in [2.05, 4.69) is 0 Å². The zero-order valence-electron chi connectivity index (χ0n) is 10.0. The van der Waals surface area contributed by atoms with E-state index in [0.29, 0.717) is 0 Å². The van der Waals surface area contributed by atoms with E-state index in [-0.39, 0.29) is 6.04 Å². The first-order valence-corrected chi connectivity index (χ1v) is 6.12. The number of aryl methyl sites for hydroxylation is 1. The van der Waals surface area contributed by atoms with Crippen LogP contribution in [0, 0.1) is 6.92 Å². The standard InChI is InChI=1S/C13H20ClNO/c1-10-6-7-12(14)9-13(10)16-8-4-3-5-11(2)15/h6-7,9,11H,3-5,8,15H2,1-2H3. The lowest BCUT2D eigenvalue weighted by Crippen LogP contribution is -2.14. The lowest BCUT2D eigenvalue weighted by Gasteiger charge is -2.10. The van der Waals surface area contributed by atoms with Gasteiger partial charge in [0.25, 0.3) is 0 Å². The summed E-state index contributed by atoms with van der Waals surface area (Å²) in [7, 11) is 0. The monoisotopic (exact) mass is 241 g/mol. The summed E-state index contributed by atoms with van der Waals surface area (Å²) in [4.78, 5) is 0. The fourth-order valence-electron chi connectivity index (χ4n) is 1.48. The van der Waals surface area contributed by atoms with Gasteiger partial charge >= 0.3 is 0 Å². The molecule has 1 aromatic carbocycles. The Kier molecular flexibility index (Phi) is 5.64. The molecule has 16 heavy (non-hydrogen) atoms. The molecule has 0 amide bonds. The van der Waals surface area contributed by atoms with Crippen molar-refractivity contribution in [1.29, 1.82) is 0 Å². The molecule has 1 unspecified atom stereocenters. The molecule has 0 saturated carbocycles. The summed E-state index contributed by atoms with van der Waals surface area (Å²) in [5, 5.41) is 0.719. The molecular formula is C13H20ClNO. The molecule has 0 bridgehead atoms. The van der Waals surface area contributed by atoms with Crippen molar-refractivity contribution in [2.24, 2.45) is 5.73 Å². The number of unbranched alkanes of at least 4 members (excludes halogenated alkanes) is 1. The van der Waals surface area contributed by atoms with Gasteiger partial charge in [0.15, 0.2) is 0 Å². The van der Waals surface area contributed by atoms with E-state index in [1.165, 1.54) is 0 Å². The fraction of sp³-hybridized carbons (Fsp3) is 0.538. The first-order valence-electron chi connectivity index (χ1n) is 5.74. The van der Waals surface area contributed by atoms with E-state index in [1.807, 2.05) is 32.0 Å². The van der Waals surface area contributed by atoms with Gasteiger partial charge in [0.1, 0.15) is 5.75 Å². The molecular weight excluding hydrogens is 222 g/mol. The van der Waals surface area contributed by atoms with Gasteiger partial charge in [-0.2, -0.15) is 0 Å². The maximum Gasteiger partial charge on any atom is 0.123 e. The molecule has 1 atom stereocenters. The SMILES string of the molecule is Cc1ccc(Cl)cc1OCCCCC(C)N. The Bertz CT molecular complexity index is 326. The van der Waals surface area contributed by atoms with Gasteiger partial charge < -0.3 is 10.5 Å². The van der Waals surface area contributed by atoms with Crippen molar-refractivity contribution in [3.8, 4) is 5.75 Å². The van der Waals surface area contributed by atoms with Crippen LogP contribution in [0.1, 0.15) is 31.7 Å². The molecule has 0 saturated heterocycles. The Morgan fingerprint density at radius 1 is 1.38 bits per heavy atom. The number of rotatable bonds is 6. The lowest BCUT2D eigenvalue weighted by atomic mass is 10.1. The molecule has 0 aromatic heterocycles. The number of nitrogens with two attached hydrogens (primary N) is 1. The quantitative estimate of drug-likeness (QED) is 0.774. The summed E-state index contributed by atoms with van der Waals surface area (Å²) in [6.07, 6.45) is 3.20. The van der Waals surface area contributed by atoms with Gasteiger partial charge in [0.05, 0.1) is 6.61 Å². The summed E-state index contributed by atoms with van der Waals surface area (Å²) >= 11 is 5.90. The van der Waals surface area contributed by atoms with Crippen LogP contribution in [0.4, 0.5) is 0 Å². The Labute approximate surface area is 103 Å². The molecule has 0 radical (unpaired) electrons. The molecule has 1 rings (SSSR count). The summed E-state index contributed by atoms with van der Waals surface area (Å²) < 4.78 is 5.67. The smallest absolute Gasteiger partial charge is 0.123 e. The van der Waals surface area contributed by atoms with Crippen LogP contribution in [-0.4, -0.2) is 12.6 Å². The highest BCUT2D eigenvalue weighted by Gasteiger charge is 2.00. The molecule has 0 aliphatic rings. The average molecular weight is 242 g/mol. The van der Waals surface area contributed by atoms with Gasteiger partial charge in [-0.15, -0.1) is 0 Å². The Hall–Kier alpha value is -0.730. The van der Waals surface area contributed by atoms with Crippen LogP contribution in [0.3, 0.4) is 0 Å². The highest BCUT2D eigenvalue weighted by atomic mass is 35.5. The molecule has 0 aliphatic carbocycles. The van der Waals surface area contributed by atoms with Gasteiger partial charge in [0, 0.05) is 11.1 Å². The summed E-state index contributed by atoms with van der Waals surface area (Å²) in [6, 6.07) is 6.00. The van der Waals surface area contributed by atoms with E-state index in [4.69, 9.17) is 22.1 Å². The summed E-state index contributed by atoms with van der Waals surface area (Å²) in [5.41, 5.74) is 6.79. The van der Waals surface area contributed by atoms with Crippen LogP contribution >= 0.6 is 11.6 Å². The number of halogens is 1. The second-order valence-corrected chi connectivity index (χ2v) is 4.67. The Morgan fingerprint density at radius 3 is 2.81 bits per heavy atom. The van der Waals surface area contributed by atoms with Crippen LogP contribution in [0.2, 0.25) is 5.02 Å². The van der Waals surface area contributed by atoms with E-state index in [0.717, 1.165) is 42.2 Å². The molecule has 0 spiro atoms. The second-order valence-electron chi connectivity index (χ2n) is 4.23. The van der Waals surface area contributed by atoms with Crippen molar-refractivity contribution >= 4 is 11.6 Å². The van der Waals surface area contributed by atoms with E-state index < -0.39 is 0 Å². The third-order valence-corrected chi connectivity index (χ3v) is 2.70. The van der Waals surface area contributed by atoms with Crippen LogP contribution in [-0.2, 0) is 0 Å². The Morgan fingerprint density at radius 2 is 2.12 bits per heavy atom. The van der Waals surface area contributed by atoms with Crippen molar-refractivity contribution < 1.29 is 4.74 Å². The van der Waals surface area contributed by atoms with Crippen molar-refractivity contribution in [2.45, 2.75) is 39.2 Å². The largest absolute Gasteiger partial charge is 0.493 e. The molecule has 2 N–H and O–H groups in total. The molecule has 1 aromatic rings. The first kappa shape index (κ1) is 13.3. The van der Waals surface area contributed by atoms with Gasteiger partial charge in [0.2, 0.25) is 0 Å². The number of hydrogen-bond acceptors (Lipinski definition) is 2. The average Bonchev–Trinajstić information content (AvgIpc) is 2.22. The molecule has 0 fully saturated rings. The van der Waals surface area contributed by atoms with E-state index >= 15 is 0 Å². The van der Waals surface area contributed by atoms with E-state index in [1.54, 1.807) is 0 Å². The topological polar surface area (TPSA) is 35.2 Å². The predicted octanol–water partition coefficient (Wildman–Crippen LogP) is 3.54. The zero-order chi connectivity index (χ0) is 12.0. The molecule has 0 aliphatic heterocycles. The third kappa shape index (κ3) is 4.86. The summed E-state index contributed by atoms with van der Waals surface area (Å²) in [5.74, 6) is 0.883. The Balaban J connectivity index is 2.29. The van der Waals surface area contributed by atoms with Gasteiger partial charge in [-0.25, -0.2) is 0 Å². The molecule has 3 heteroatoms. The van der Waals surface area contributed by atoms with Crippen molar-refractivity contribution in [3.63, 3.8) is 0 Å². The van der Waals surface area contributed by atoms with Gasteiger partial charge in [-0.3, -0.25) is 0 Å². The highest BCUT2D eigenvalue weighted by molar-refractivity contribution is 6.30. The fourth-order valence-corrected chi connectivity index (χ4v) is 1.64. The van der Waals surface area contributed by atoms with Crippen molar-refractivity contribution in [2.75, 3.05) is 6.61 Å². The van der Waals surface area contributed by atoms with Crippen LogP contribution in [0.15, 0.2) is 18.2 Å². The minimum absolute atomic E-state index is 0.285. The second kappa shape index (κ2) is 6.77. The maximum atomic E-state index is 5.90. The number of benzene rings is 1. The van der Waals surface area contributed by atoms with Crippen LogP contribution < -0.4 is 10.5 Å². The predicted molar refractivity (Wildman–Crippen MR) is 69.2 cm³/mol. The van der Waals surface area contributed by atoms with E-state index in [9.17, 15) is 0 Å². The third-order valence-electron chi connectivity index (χ3n) is 2.46. The van der Waals surface area contributed by atoms with Gasteiger partial charge in [-0.05, 0) is 50.8 Å². The zero-order valence-corrected chi connectivity index (χ0v) is 10.8. The minimum Gasteiger partial charge on any atom is -0.493 e. The minimum atomic E-state index is 0.285. The van der Waals surface area contributed by atoms with Crippen molar-refractivity contribution in [3.05, 3.63) is 28.8 Å². The summed E-state index contributed by atoms with van der Waals surface area (Å²) in [6.45, 7) is 4.78. The lowest BCUT2D eigenvalue weighted by molar-refractivity contribution is 0.302. The highest BCUT2D eigenvalue weighted by Crippen LogP contribution is 2.22. The van der Waals surface area contributed by atoms with Crippen molar-refractivity contribution in [1.82, 2.24) is 0 Å². The van der Waals surface area contributed by atoms with Crippen LogP contribution in [0.5, 0.6) is 5.75 Å². The first-order chi connectivity index (χ1) is 7.59. The molecule has 90 valence electrons.